The smallest absolute Gasteiger partial charge is 0.223 e. The van der Waals surface area contributed by atoms with Gasteiger partial charge in [-0.25, -0.2) is 0 Å². The van der Waals surface area contributed by atoms with E-state index in [2.05, 4.69) is 12.2 Å². The van der Waals surface area contributed by atoms with E-state index in [1.165, 1.54) is 44.9 Å². The highest BCUT2D eigenvalue weighted by Crippen LogP contribution is 2.23. The summed E-state index contributed by atoms with van der Waals surface area (Å²) < 4.78 is 0. The zero-order valence-electron chi connectivity index (χ0n) is 13.3. The molecule has 1 saturated carbocycles. The fourth-order valence-electron chi connectivity index (χ4n) is 3.08. The van der Waals surface area contributed by atoms with Crippen LogP contribution < -0.4 is 11.1 Å². The van der Waals surface area contributed by atoms with Crippen molar-refractivity contribution in [2.75, 3.05) is 6.54 Å². The van der Waals surface area contributed by atoms with Crippen LogP contribution in [0.2, 0.25) is 0 Å². The third kappa shape index (κ3) is 7.88. The first kappa shape index (κ1) is 17.5. The molecule has 20 heavy (non-hydrogen) atoms. The van der Waals surface area contributed by atoms with Gasteiger partial charge in [0.05, 0.1) is 0 Å². The Hall–Kier alpha value is -0.570. The van der Waals surface area contributed by atoms with Gasteiger partial charge in [-0.05, 0) is 25.7 Å². The summed E-state index contributed by atoms with van der Waals surface area (Å²) in [5.41, 5.74) is 5.93. The van der Waals surface area contributed by atoms with Gasteiger partial charge in [0, 0.05) is 18.5 Å². The van der Waals surface area contributed by atoms with Crippen molar-refractivity contribution in [3.63, 3.8) is 0 Å². The van der Waals surface area contributed by atoms with Crippen LogP contribution in [-0.2, 0) is 4.79 Å². The number of carbonyl (C=O) groups is 1. The van der Waals surface area contributed by atoms with Crippen molar-refractivity contribution in [3.8, 4) is 0 Å². The minimum Gasteiger partial charge on any atom is -0.356 e. The van der Waals surface area contributed by atoms with Crippen LogP contribution in [0.1, 0.15) is 84.0 Å². The molecule has 0 radical (unpaired) electrons. The van der Waals surface area contributed by atoms with Crippen LogP contribution in [0.5, 0.6) is 0 Å². The normalized spacial score (nSPS) is 22.7. The van der Waals surface area contributed by atoms with Crippen LogP contribution in [-0.4, -0.2) is 18.5 Å². The summed E-state index contributed by atoms with van der Waals surface area (Å²) in [7, 11) is 0. The molecule has 1 rings (SSSR count). The molecule has 0 aliphatic heterocycles. The molecule has 118 valence electrons. The Balaban J connectivity index is 1.91. The molecular formula is C17H34N2O. The standard InChI is InChI=1S/C17H34N2O/c1-2-3-4-5-6-7-8-9-13-19-17(20)15-11-10-12-16(18)14-15/h15-16H,2-14,18H2,1H3,(H,19,20). The molecular weight excluding hydrogens is 248 g/mol. The van der Waals surface area contributed by atoms with Crippen LogP contribution in [0.3, 0.4) is 0 Å². The highest BCUT2D eigenvalue weighted by atomic mass is 16.1. The van der Waals surface area contributed by atoms with E-state index < -0.39 is 0 Å². The monoisotopic (exact) mass is 282 g/mol. The second-order valence-electron chi connectivity index (χ2n) is 6.39. The summed E-state index contributed by atoms with van der Waals surface area (Å²) in [6, 6.07) is 0.239. The van der Waals surface area contributed by atoms with Gasteiger partial charge in [-0.1, -0.05) is 58.3 Å². The maximum absolute atomic E-state index is 12.0. The average Bonchev–Trinajstić information content (AvgIpc) is 2.45. The molecule has 0 bridgehead atoms. The highest BCUT2D eigenvalue weighted by Gasteiger charge is 2.24. The van der Waals surface area contributed by atoms with E-state index in [1.54, 1.807) is 0 Å². The first-order chi connectivity index (χ1) is 9.74. The Morgan fingerprint density at radius 2 is 1.70 bits per heavy atom. The molecule has 2 unspecified atom stereocenters. The highest BCUT2D eigenvalue weighted by molar-refractivity contribution is 5.78. The minimum atomic E-state index is 0.174. The van der Waals surface area contributed by atoms with Crippen molar-refractivity contribution in [3.05, 3.63) is 0 Å². The SMILES string of the molecule is CCCCCCCCCCNC(=O)C1CCCC(N)C1. The van der Waals surface area contributed by atoms with Crippen LogP contribution in [0.15, 0.2) is 0 Å². The van der Waals surface area contributed by atoms with Gasteiger partial charge >= 0.3 is 0 Å². The van der Waals surface area contributed by atoms with Crippen LogP contribution in [0, 0.1) is 5.92 Å². The molecule has 3 N–H and O–H groups in total. The van der Waals surface area contributed by atoms with Gasteiger partial charge in [-0.2, -0.15) is 0 Å². The van der Waals surface area contributed by atoms with Crippen molar-refractivity contribution in [2.24, 2.45) is 11.7 Å². The van der Waals surface area contributed by atoms with Gasteiger partial charge in [0.1, 0.15) is 0 Å². The first-order valence-electron chi connectivity index (χ1n) is 8.77. The summed E-state index contributed by atoms with van der Waals surface area (Å²) in [6.45, 7) is 3.10. The summed E-state index contributed by atoms with van der Waals surface area (Å²) >= 11 is 0. The fraction of sp³-hybridized carbons (Fsp3) is 0.941. The summed E-state index contributed by atoms with van der Waals surface area (Å²) in [5.74, 6) is 0.413. The molecule has 3 nitrogen and oxygen atoms in total. The predicted molar refractivity (Wildman–Crippen MR) is 85.6 cm³/mol. The van der Waals surface area contributed by atoms with Gasteiger partial charge in [0.25, 0.3) is 0 Å². The quantitative estimate of drug-likeness (QED) is 0.599. The van der Waals surface area contributed by atoms with E-state index in [4.69, 9.17) is 5.73 Å². The molecule has 1 aliphatic carbocycles. The number of nitrogens with one attached hydrogen (secondary N) is 1. The minimum absolute atomic E-state index is 0.174. The number of hydrogen-bond acceptors (Lipinski definition) is 2. The zero-order valence-corrected chi connectivity index (χ0v) is 13.3. The lowest BCUT2D eigenvalue weighted by atomic mass is 9.85. The van der Waals surface area contributed by atoms with Crippen LogP contribution >= 0.6 is 0 Å². The van der Waals surface area contributed by atoms with Crippen molar-refractivity contribution < 1.29 is 4.79 Å². The molecule has 3 heteroatoms. The van der Waals surface area contributed by atoms with E-state index >= 15 is 0 Å². The van der Waals surface area contributed by atoms with Gasteiger partial charge in [0.15, 0.2) is 0 Å². The average molecular weight is 282 g/mol. The topological polar surface area (TPSA) is 55.1 Å². The number of unbranched alkanes of at least 4 members (excludes halogenated alkanes) is 7. The largest absolute Gasteiger partial charge is 0.356 e. The van der Waals surface area contributed by atoms with Gasteiger partial charge in [-0.15, -0.1) is 0 Å². The van der Waals surface area contributed by atoms with Crippen LogP contribution in [0.4, 0.5) is 0 Å². The zero-order chi connectivity index (χ0) is 14.6. The Labute approximate surface area is 125 Å². The third-order valence-corrected chi connectivity index (χ3v) is 4.42. The second-order valence-corrected chi connectivity index (χ2v) is 6.39. The molecule has 0 saturated heterocycles. The summed E-state index contributed by atoms with van der Waals surface area (Å²) in [5, 5.41) is 3.09. The summed E-state index contributed by atoms with van der Waals surface area (Å²) in [6.07, 6.45) is 14.6. The Morgan fingerprint density at radius 3 is 2.35 bits per heavy atom. The molecule has 0 aromatic heterocycles. The van der Waals surface area contributed by atoms with Gasteiger partial charge in [-0.3, -0.25) is 4.79 Å². The van der Waals surface area contributed by atoms with Crippen molar-refractivity contribution in [2.45, 2.75) is 90.0 Å². The first-order valence-corrected chi connectivity index (χ1v) is 8.77. The fourth-order valence-corrected chi connectivity index (χ4v) is 3.08. The van der Waals surface area contributed by atoms with E-state index in [-0.39, 0.29) is 17.9 Å². The molecule has 0 aromatic rings. The number of nitrogens with two attached hydrogens (primary N) is 1. The van der Waals surface area contributed by atoms with E-state index in [1.807, 2.05) is 0 Å². The molecule has 1 aliphatic rings. The molecule has 0 spiro atoms. The van der Waals surface area contributed by atoms with Gasteiger partial charge in [0.2, 0.25) is 5.91 Å². The van der Waals surface area contributed by atoms with Gasteiger partial charge < -0.3 is 11.1 Å². The Morgan fingerprint density at radius 1 is 1.05 bits per heavy atom. The maximum Gasteiger partial charge on any atom is 0.223 e. The van der Waals surface area contributed by atoms with Crippen molar-refractivity contribution in [1.82, 2.24) is 5.32 Å². The molecule has 0 aromatic carbocycles. The summed E-state index contributed by atoms with van der Waals surface area (Å²) in [4.78, 5) is 12.0. The molecule has 1 amide bonds. The number of amides is 1. The van der Waals surface area contributed by atoms with Crippen LogP contribution in [0.25, 0.3) is 0 Å². The van der Waals surface area contributed by atoms with E-state index in [0.29, 0.717) is 0 Å². The molecule has 0 heterocycles. The lowest BCUT2D eigenvalue weighted by Gasteiger charge is -2.25. The second kappa shape index (κ2) is 11.1. The Bertz CT molecular complexity index is 255. The number of rotatable bonds is 10. The lowest BCUT2D eigenvalue weighted by molar-refractivity contribution is -0.126. The van der Waals surface area contributed by atoms with Crippen molar-refractivity contribution >= 4 is 5.91 Å². The van der Waals surface area contributed by atoms with E-state index in [0.717, 1.165) is 38.6 Å². The van der Waals surface area contributed by atoms with E-state index in [9.17, 15) is 4.79 Å². The third-order valence-electron chi connectivity index (χ3n) is 4.42. The predicted octanol–water partition coefficient (Wildman–Crippen LogP) is 3.76. The number of hydrogen-bond donors (Lipinski definition) is 2. The number of carbonyl (C=O) groups excluding carboxylic acids is 1. The maximum atomic E-state index is 12.0. The molecule has 2 atom stereocenters. The van der Waals surface area contributed by atoms with Crippen molar-refractivity contribution in [1.29, 1.82) is 0 Å². The lowest BCUT2D eigenvalue weighted by Crippen LogP contribution is -2.38. The molecule has 1 fully saturated rings. The Kier molecular flexibility index (Phi) is 9.73.